The van der Waals surface area contributed by atoms with E-state index in [9.17, 15) is 18.8 Å². The Hall–Kier alpha value is -4.14. The van der Waals surface area contributed by atoms with Gasteiger partial charge in [-0.25, -0.2) is 4.39 Å². The fourth-order valence-corrected chi connectivity index (χ4v) is 4.29. The Balaban J connectivity index is 1.44. The molecule has 0 spiro atoms. The van der Waals surface area contributed by atoms with Gasteiger partial charge in [-0.1, -0.05) is 6.07 Å². The predicted molar refractivity (Wildman–Crippen MR) is 130 cm³/mol. The first-order valence-electron chi connectivity index (χ1n) is 11.7. The summed E-state index contributed by atoms with van der Waals surface area (Å²) in [6, 6.07) is 14.8. The van der Waals surface area contributed by atoms with Crippen molar-refractivity contribution in [1.29, 1.82) is 0 Å². The van der Waals surface area contributed by atoms with Crippen LogP contribution in [0.1, 0.15) is 39.3 Å². The molecule has 0 unspecified atom stereocenters. The summed E-state index contributed by atoms with van der Waals surface area (Å²) in [4.78, 5) is 40.7. The molecule has 2 N–H and O–H groups in total. The van der Waals surface area contributed by atoms with E-state index >= 15 is 0 Å². The second kappa shape index (κ2) is 11.5. The molecule has 8 nitrogen and oxygen atoms in total. The van der Waals surface area contributed by atoms with Crippen LogP contribution in [0.2, 0.25) is 0 Å². The number of methoxy groups -OCH3 is 1. The number of piperidine rings is 1. The quantitative estimate of drug-likeness (QED) is 0.501. The largest absolute Gasteiger partial charge is 0.497 e. The van der Waals surface area contributed by atoms with Gasteiger partial charge in [0.1, 0.15) is 23.4 Å². The highest BCUT2D eigenvalue weighted by Gasteiger charge is 2.34. The van der Waals surface area contributed by atoms with Gasteiger partial charge in [-0.05, 0) is 73.4 Å². The zero-order valence-corrected chi connectivity index (χ0v) is 19.9. The van der Waals surface area contributed by atoms with E-state index in [2.05, 4.69) is 10.6 Å². The average molecular weight is 494 g/mol. The van der Waals surface area contributed by atoms with Crippen LogP contribution in [0.5, 0.6) is 5.75 Å². The van der Waals surface area contributed by atoms with E-state index in [0.29, 0.717) is 48.6 Å². The molecule has 0 radical (unpaired) electrons. The maximum atomic E-state index is 13.2. The molecule has 1 fully saturated rings. The summed E-state index contributed by atoms with van der Waals surface area (Å²) in [5.74, 6) is -0.362. The summed E-state index contributed by atoms with van der Waals surface area (Å²) in [5, 5.41) is 5.72. The SMILES string of the molecule is COc1cccc(C(=O)N[C@H](C(=O)NCc2ccco2)C2CCN(C(=O)c3ccc(F)cc3)CC2)c1. The van der Waals surface area contributed by atoms with Gasteiger partial charge >= 0.3 is 0 Å². The molecule has 3 amide bonds. The van der Waals surface area contributed by atoms with Gasteiger partial charge in [0.05, 0.1) is 19.9 Å². The molecule has 2 aromatic carbocycles. The number of hydrogen-bond acceptors (Lipinski definition) is 5. The zero-order chi connectivity index (χ0) is 25.5. The second-order valence-corrected chi connectivity index (χ2v) is 8.62. The molecule has 36 heavy (non-hydrogen) atoms. The van der Waals surface area contributed by atoms with Crippen molar-refractivity contribution in [2.24, 2.45) is 5.92 Å². The number of nitrogens with one attached hydrogen (secondary N) is 2. The summed E-state index contributed by atoms with van der Waals surface area (Å²) < 4.78 is 23.7. The van der Waals surface area contributed by atoms with Crippen molar-refractivity contribution >= 4 is 17.7 Å². The van der Waals surface area contributed by atoms with Gasteiger partial charge in [0.15, 0.2) is 0 Å². The molecule has 3 aromatic rings. The monoisotopic (exact) mass is 493 g/mol. The molecule has 1 aromatic heterocycles. The summed E-state index contributed by atoms with van der Waals surface area (Å²) in [6.45, 7) is 1.02. The first-order chi connectivity index (χ1) is 17.4. The van der Waals surface area contributed by atoms with Gasteiger partial charge in [-0.3, -0.25) is 14.4 Å². The number of carbonyl (C=O) groups excluding carboxylic acids is 3. The standard InChI is InChI=1S/C27H28FN3O5/c1-35-22-5-2-4-20(16-22)25(32)30-24(26(33)29-17-23-6-3-15-36-23)18-11-13-31(14-12-18)27(34)19-7-9-21(28)10-8-19/h2-10,15-16,18,24H,11-14,17H2,1H3,(H,29,33)(H,30,32)/t24-/m0/s1. The third-order valence-corrected chi connectivity index (χ3v) is 6.31. The fraction of sp³-hybridized carbons (Fsp3) is 0.296. The Morgan fingerprint density at radius 2 is 1.81 bits per heavy atom. The number of benzene rings is 2. The first kappa shape index (κ1) is 25.0. The third-order valence-electron chi connectivity index (χ3n) is 6.31. The molecule has 1 aliphatic heterocycles. The first-order valence-corrected chi connectivity index (χ1v) is 11.7. The van der Waals surface area contributed by atoms with Crippen LogP contribution in [-0.2, 0) is 11.3 Å². The van der Waals surface area contributed by atoms with Crippen LogP contribution in [0.15, 0.2) is 71.3 Å². The molecule has 188 valence electrons. The minimum atomic E-state index is -0.804. The van der Waals surface area contributed by atoms with Gasteiger partial charge in [0, 0.05) is 24.2 Å². The van der Waals surface area contributed by atoms with Gasteiger partial charge < -0.3 is 24.7 Å². The van der Waals surface area contributed by atoms with Gasteiger partial charge in [0.2, 0.25) is 5.91 Å². The lowest BCUT2D eigenvalue weighted by atomic mass is 9.88. The topological polar surface area (TPSA) is 101 Å². The van der Waals surface area contributed by atoms with E-state index in [1.807, 2.05) is 0 Å². The normalized spacial score (nSPS) is 14.7. The highest BCUT2D eigenvalue weighted by atomic mass is 19.1. The minimum Gasteiger partial charge on any atom is -0.497 e. The van der Waals surface area contributed by atoms with E-state index < -0.39 is 17.8 Å². The van der Waals surface area contributed by atoms with Gasteiger partial charge in [0.25, 0.3) is 11.8 Å². The smallest absolute Gasteiger partial charge is 0.253 e. The Labute approximate surface area is 208 Å². The molecule has 0 aliphatic carbocycles. The number of hydrogen-bond donors (Lipinski definition) is 2. The van der Waals surface area contributed by atoms with Crippen LogP contribution in [0, 0.1) is 11.7 Å². The van der Waals surface area contributed by atoms with E-state index in [0.717, 1.165) is 0 Å². The van der Waals surface area contributed by atoms with E-state index in [1.165, 1.54) is 37.6 Å². The summed E-state index contributed by atoms with van der Waals surface area (Å²) in [7, 11) is 1.52. The number of carbonyl (C=O) groups is 3. The molecule has 4 rings (SSSR count). The van der Waals surface area contributed by atoms with Crippen molar-refractivity contribution in [3.63, 3.8) is 0 Å². The number of amides is 3. The van der Waals surface area contributed by atoms with Gasteiger partial charge in [-0.15, -0.1) is 0 Å². The number of halogens is 1. The third kappa shape index (κ3) is 6.10. The van der Waals surface area contributed by atoms with Crippen LogP contribution in [0.25, 0.3) is 0 Å². The Kier molecular flexibility index (Phi) is 7.99. The number of likely N-dealkylation sites (tertiary alicyclic amines) is 1. The molecule has 1 aliphatic rings. The highest BCUT2D eigenvalue weighted by Crippen LogP contribution is 2.23. The predicted octanol–water partition coefficient (Wildman–Crippen LogP) is 3.39. The number of furan rings is 1. The van der Waals surface area contributed by atoms with Crippen molar-refractivity contribution in [2.75, 3.05) is 20.2 Å². The van der Waals surface area contributed by atoms with Gasteiger partial charge in [-0.2, -0.15) is 0 Å². The highest BCUT2D eigenvalue weighted by molar-refractivity contribution is 5.98. The van der Waals surface area contributed by atoms with E-state index in [1.54, 1.807) is 41.3 Å². The van der Waals surface area contributed by atoms with Crippen LogP contribution in [-0.4, -0.2) is 48.9 Å². The summed E-state index contributed by atoms with van der Waals surface area (Å²) >= 11 is 0. The summed E-state index contributed by atoms with van der Waals surface area (Å²) in [6.07, 6.45) is 2.56. The van der Waals surface area contributed by atoms with E-state index in [-0.39, 0.29) is 24.3 Å². The maximum Gasteiger partial charge on any atom is 0.253 e. The lowest BCUT2D eigenvalue weighted by Crippen LogP contribution is -2.53. The van der Waals surface area contributed by atoms with Crippen molar-refractivity contribution in [3.8, 4) is 5.75 Å². The number of nitrogens with zero attached hydrogens (tertiary/aromatic N) is 1. The lowest BCUT2D eigenvalue weighted by molar-refractivity contribution is -0.124. The van der Waals surface area contributed by atoms with E-state index in [4.69, 9.17) is 9.15 Å². The van der Waals surface area contributed by atoms with Crippen molar-refractivity contribution < 1.29 is 27.9 Å². The molecule has 9 heteroatoms. The number of ether oxygens (including phenoxy) is 1. The minimum absolute atomic E-state index is 0.187. The molecule has 1 saturated heterocycles. The Morgan fingerprint density at radius 3 is 2.47 bits per heavy atom. The van der Waals surface area contributed by atoms with Crippen LogP contribution in [0.3, 0.4) is 0 Å². The Morgan fingerprint density at radius 1 is 1.06 bits per heavy atom. The molecule has 0 saturated carbocycles. The summed E-state index contributed by atoms with van der Waals surface area (Å²) in [5.41, 5.74) is 0.788. The van der Waals surface area contributed by atoms with Crippen LogP contribution in [0.4, 0.5) is 4.39 Å². The fourth-order valence-electron chi connectivity index (χ4n) is 4.29. The number of rotatable bonds is 8. The second-order valence-electron chi connectivity index (χ2n) is 8.62. The average Bonchev–Trinajstić information content (AvgIpc) is 3.44. The van der Waals surface area contributed by atoms with Crippen molar-refractivity contribution in [2.45, 2.75) is 25.4 Å². The van der Waals surface area contributed by atoms with Crippen LogP contribution >= 0.6 is 0 Å². The molecule has 2 heterocycles. The van der Waals surface area contributed by atoms with Crippen molar-refractivity contribution in [3.05, 3.63) is 89.6 Å². The van der Waals surface area contributed by atoms with Crippen LogP contribution < -0.4 is 15.4 Å². The zero-order valence-electron chi connectivity index (χ0n) is 19.9. The molecule has 0 bridgehead atoms. The maximum absolute atomic E-state index is 13.2. The molecular weight excluding hydrogens is 465 g/mol. The molecule has 1 atom stereocenters. The lowest BCUT2D eigenvalue weighted by Gasteiger charge is -2.36. The Bertz CT molecular complexity index is 1190. The van der Waals surface area contributed by atoms with Crippen molar-refractivity contribution in [1.82, 2.24) is 15.5 Å². The molecular formula is C27H28FN3O5.